The number of likely N-dealkylation sites (tertiary alicyclic amines) is 1. The predicted octanol–water partition coefficient (Wildman–Crippen LogP) is 3.32. The van der Waals surface area contributed by atoms with E-state index in [0.29, 0.717) is 24.9 Å². The number of hydrogen-bond donors (Lipinski definition) is 2. The van der Waals surface area contributed by atoms with Crippen molar-refractivity contribution in [3.8, 4) is 0 Å². The van der Waals surface area contributed by atoms with E-state index in [2.05, 4.69) is 5.32 Å². The topological polar surface area (TPSA) is 87.7 Å². The van der Waals surface area contributed by atoms with Crippen molar-refractivity contribution in [2.24, 2.45) is 0 Å². The lowest BCUT2D eigenvalue weighted by molar-refractivity contribution is -0.173. The Kier molecular flexibility index (Phi) is 8.68. The summed E-state index contributed by atoms with van der Waals surface area (Å²) in [5.41, 5.74) is -0.491. The van der Waals surface area contributed by atoms with Gasteiger partial charge < -0.3 is 20.3 Å². The summed E-state index contributed by atoms with van der Waals surface area (Å²) in [5.74, 6) is -2.98. The van der Waals surface area contributed by atoms with Crippen molar-refractivity contribution in [1.29, 1.82) is 0 Å². The summed E-state index contributed by atoms with van der Waals surface area (Å²) in [5, 5.41) is 4.41. The number of carbonyl (C=O) groups is 3. The highest BCUT2D eigenvalue weighted by Crippen LogP contribution is 2.21. The first-order chi connectivity index (χ1) is 15.3. The Labute approximate surface area is 189 Å². The maximum absolute atomic E-state index is 14.2. The van der Waals surface area contributed by atoms with E-state index in [0.717, 1.165) is 0 Å². The molecule has 3 amide bonds. The first kappa shape index (κ1) is 26.4. The van der Waals surface area contributed by atoms with E-state index in [1.165, 1.54) is 23.1 Å². The van der Waals surface area contributed by atoms with Gasteiger partial charge in [-0.1, -0.05) is 18.2 Å². The summed E-state index contributed by atoms with van der Waals surface area (Å²) in [4.78, 5) is 37.7. The number of alkyl halides is 3. The Bertz CT molecular complexity index is 855. The number of ether oxygens (including phenoxy) is 1. The minimum absolute atomic E-state index is 0.0149. The zero-order chi connectivity index (χ0) is 24.8. The molecular formula is C22H29F4N3O4. The molecule has 2 N–H and O–H groups in total. The number of nitrogens with zero attached hydrogens (tertiary/aromatic N) is 1. The van der Waals surface area contributed by atoms with Crippen LogP contribution >= 0.6 is 0 Å². The van der Waals surface area contributed by atoms with Crippen molar-refractivity contribution < 1.29 is 36.7 Å². The van der Waals surface area contributed by atoms with Gasteiger partial charge >= 0.3 is 18.2 Å². The van der Waals surface area contributed by atoms with Gasteiger partial charge in [0, 0.05) is 31.6 Å². The second kappa shape index (κ2) is 10.8. The third kappa shape index (κ3) is 8.54. The molecule has 1 aromatic rings. The van der Waals surface area contributed by atoms with Crippen molar-refractivity contribution >= 4 is 17.9 Å². The Morgan fingerprint density at radius 2 is 1.85 bits per heavy atom. The molecule has 184 valence electrons. The predicted molar refractivity (Wildman–Crippen MR) is 112 cm³/mol. The van der Waals surface area contributed by atoms with Gasteiger partial charge in [-0.25, -0.2) is 9.18 Å². The zero-order valence-corrected chi connectivity index (χ0v) is 18.8. The first-order valence-corrected chi connectivity index (χ1v) is 10.6. The van der Waals surface area contributed by atoms with Crippen LogP contribution in [0.3, 0.4) is 0 Å². The summed E-state index contributed by atoms with van der Waals surface area (Å²) in [6.07, 6.45) is -4.97. The lowest BCUT2D eigenvalue weighted by Gasteiger charge is -2.28. The minimum atomic E-state index is -5.00. The van der Waals surface area contributed by atoms with Crippen molar-refractivity contribution in [2.75, 3.05) is 13.1 Å². The van der Waals surface area contributed by atoms with Crippen molar-refractivity contribution in [3.63, 3.8) is 0 Å². The summed E-state index contributed by atoms with van der Waals surface area (Å²) in [6.45, 7) is 5.00. The molecule has 0 radical (unpaired) electrons. The molecule has 1 aliphatic heterocycles. The van der Waals surface area contributed by atoms with E-state index >= 15 is 0 Å². The number of rotatable bonds is 7. The van der Waals surface area contributed by atoms with Gasteiger partial charge in [-0.05, 0) is 51.7 Å². The highest BCUT2D eigenvalue weighted by atomic mass is 19.4. The smallest absolute Gasteiger partial charge is 0.444 e. The van der Waals surface area contributed by atoms with Crippen molar-refractivity contribution in [1.82, 2.24) is 15.5 Å². The Morgan fingerprint density at radius 1 is 1.18 bits per heavy atom. The molecule has 33 heavy (non-hydrogen) atoms. The van der Waals surface area contributed by atoms with Gasteiger partial charge in [-0.3, -0.25) is 9.59 Å². The first-order valence-electron chi connectivity index (χ1n) is 10.6. The molecule has 1 aliphatic rings. The highest BCUT2D eigenvalue weighted by molar-refractivity contribution is 5.82. The van der Waals surface area contributed by atoms with Crippen molar-refractivity contribution in [2.45, 2.75) is 70.3 Å². The summed E-state index contributed by atoms with van der Waals surface area (Å²) >= 11 is 0. The van der Waals surface area contributed by atoms with E-state index in [1.807, 2.05) is 5.32 Å². The standard InChI is InChI=1S/C22H29F4N3O4/c1-21(2,3)33-20(32)28-15(11-14-7-4-5-9-17(14)23)12-18(30)29-10-6-8-16(29)13-27-19(31)22(24,25)26/h4-5,7,9,15-16H,6,8,10-13H2,1-3H3,(H,27,31)(H,28,32). The molecule has 2 unspecified atom stereocenters. The molecule has 1 heterocycles. The van der Waals surface area contributed by atoms with Crippen LogP contribution in [0.1, 0.15) is 45.6 Å². The normalized spacial score (nSPS) is 17.4. The average Bonchev–Trinajstić information content (AvgIpc) is 3.14. The molecule has 0 bridgehead atoms. The summed E-state index contributed by atoms with van der Waals surface area (Å²) < 4.78 is 56.8. The van der Waals surface area contributed by atoms with E-state index in [1.54, 1.807) is 26.8 Å². The maximum Gasteiger partial charge on any atom is 0.471 e. The molecule has 11 heteroatoms. The van der Waals surface area contributed by atoms with Crippen LogP contribution in [0.5, 0.6) is 0 Å². The van der Waals surface area contributed by atoms with Gasteiger partial charge in [0.1, 0.15) is 11.4 Å². The molecule has 0 saturated carbocycles. The summed E-state index contributed by atoms with van der Waals surface area (Å²) in [6, 6.07) is 4.54. The second-order valence-electron chi connectivity index (χ2n) is 8.93. The lowest BCUT2D eigenvalue weighted by Crippen LogP contribution is -2.48. The molecular weight excluding hydrogens is 446 g/mol. The van der Waals surface area contributed by atoms with E-state index in [-0.39, 0.29) is 19.4 Å². The van der Waals surface area contributed by atoms with Crippen LogP contribution < -0.4 is 10.6 Å². The third-order valence-electron chi connectivity index (χ3n) is 5.02. The van der Waals surface area contributed by atoms with Gasteiger partial charge in [0.15, 0.2) is 0 Å². The highest BCUT2D eigenvalue weighted by Gasteiger charge is 2.39. The van der Waals surface area contributed by atoms with Crippen LogP contribution in [-0.2, 0) is 20.7 Å². The molecule has 1 fully saturated rings. The number of nitrogens with one attached hydrogen (secondary N) is 2. The zero-order valence-electron chi connectivity index (χ0n) is 18.8. The Hall–Kier alpha value is -2.85. The lowest BCUT2D eigenvalue weighted by atomic mass is 10.0. The molecule has 2 atom stereocenters. The third-order valence-corrected chi connectivity index (χ3v) is 5.02. The van der Waals surface area contributed by atoms with Crippen LogP contribution in [0.15, 0.2) is 24.3 Å². The fraction of sp³-hybridized carbons (Fsp3) is 0.591. The van der Waals surface area contributed by atoms with Crippen LogP contribution in [0.25, 0.3) is 0 Å². The van der Waals surface area contributed by atoms with Gasteiger partial charge in [-0.2, -0.15) is 13.2 Å². The number of amides is 3. The second-order valence-corrected chi connectivity index (χ2v) is 8.93. The number of alkyl carbamates (subject to hydrolysis) is 1. The molecule has 7 nitrogen and oxygen atoms in total. The van der Waals surface area contributed by atoms with Crippen LogP contribution in [-0.4, -0.2) is 59.8 Å². The molecule has 0 aromatic heterocycles. The number of hydrogen-bond acceptors (Lipinski definition) is 4. The van der Waals surface area contributed by atoms with E-state index < -0.39 is 47.6 Å². The molecule has 0 aliphatic carbocycles. The maximum atomic E-state index is 14.2. The molecule has 0 spiro atoms. The molecule has 2 rings (SSSR count). The minimum Gasteiger partial charge on any atom is -0.444 e. The van der Waals surface area contributed by atoms with Gasteiger partial charge in [0.2, 0.25) is 5.91 Å². The number of benzene rings is 1. The fourth-order valence-electron chi connectivity index (χ4n) is 3.59. The van der Waals surface area contributed by atoms with Crippen LogP contribution in [0.4, 0.5) is 22.4 Å². The monoisotopic (exact) mass is 475 g/mol. The fourth-order valence-corrected chi connectivity index (χ4v) is 3.59. The van der Waals surface area contributed by atoms with Gasteiger partial charge in [-0.15, -0.1) is 0 Å². The van der Waals surface area contributed by atoms with E-state index in [9.17, 15) is 31.9 Å². The molecule has 1 saturated heterocycles. The Balaban J connectivity index is 2.08. The van der Waals surface area contributed by atoms with Gasteiger partial charge in [0.25, 0.3) is 0 Å². The Morgan fingerprint density at radius 3 is 2.45 bits per heavy atom. The van der Waals surface area contributed by atoms with Crippen LogP contribution in [0, 0.1) is 5.82 Å². The SMILES string of the molecule is CC(C)(C)OC(=O)NC(CC(=O)N1CCCC1CNC(=O)C(F)(F)F)Cc1ccccc1F. The quantitative estimate of drug-likeness (QED) is 0.593. The van der Waals surface area contributed by atoms with Crippen LogP contribution in [0.2, 0.25) is 0 Å². The summed E-state index contributed by atoms with van der Waals surface area (Å²) in [7, 11) is 0. The number of halogens is 4. The van der Waals surface area contributed by atoms with Gasteiger partial charge in [0.05, 0.1) is 0 Å². The molecule has 1 aromatic carbocycles. The van der Waals surface area contributed by atoms with Crippen molar-refractivity contribution in [3.05, 3.63) is 35.6 Å². The largest absolute Gasteiger partial charge is 0.471 e. The average molecular weight is 475 g/mol. The number of carbonyl (C=O) groups excluding carboxylic acids is 3. The van der Waals surface area contributed by atoms with E-state index in [4.69, 9.17) is 4.74 Å².